The van der Waals surface area contributed by atoms with Crippen molar-refractivity contribution < 1.29 is 43.3 Å². The summed E-state index contributed by atoms with van der Waals surface area (Å²) in [4.78, 5) is 66.6. The summed E-state index contributed by atoms with van der Waals surface area (Å²) in [6.45, 7) is 1.20. The van der Waals surface area contributed by atoms with Crippen molar-refractivity contribution in [1.29, 1.82) is 0 Å². The van der Waals surface area contributed by atoms with Crippen LogP contribution >= 0.6 is 0 Å². The minimum atomic E-state index is -1.32. The van der Waals surface area contributed by atoms with Gasteiger partial charge in [0.05, 0.1) is 13.7 Å². The largest absolute Gasteiger partial charge is 0.493 e. The number of piperidine rings is 2. The molecule has 2 aliphatic carbocycles. The second-order valence-electron chi connectivity index (χ2n) is 14.0. The minimum Gasteiger partial charge on any atom is -0.493 e. The van der Waals surface area contributed by atoms with Gasteiger partial charge in [-0.3, -0.25) is 24.1 Å². The Balaban J connectivity index is 1.15. The Morgan fingerprint density at radius 3 is 2.72 bits per heavy atom. The molecule has 6 N–H and O–H groups in total. The van der Waals surface area contributed by atoms with Crippen LogP contribution in [-0.4, -0.2) is 109 Å². The lowest BCUT2D eigenvalue weighted by atomic mass is 9.53. The third kappa shape index (κ3) is 6.72. The molecule has 3 heterocycles. The lowest BCUT2D eigenvalue weighted by Crippen LogP contribution is -2.63. The van der Waals surface area contributed by atoms with Crippen molar-refractivity contribution in [2.45, 2.75) is 94.0 Å². The molecule has 4 amide bonds. The monoisotopic (exact) mass is 696 g/mol. The zero-order chi connectivity index (χ0) is 35.6. The number of likely N-dealkylation sites (N-methyl/N-ethyl adjacent to an activating group) is 1. The third-order valence-corrected chi connectivity index (χ3v) is 11.0. The second kappa shape index (κ2) is 14.9. The highest BCUT2D eigenvalue weighted by molar-refractivity contribution is 5.95. The number of allylic oxidation sites excluding steroid dienone is 1. The molecule has 1 aromatic carbocycles. The van der Waals surface area contributed by atoms with Gasteiger partial charge in [0.2, 0.25) is 17.7 Å². The Morgan fingerprint density at radius 2 is 1.96 bits per heavy atom. The molecule has 6 atom stereocenters. The average molecular weight is 697 g/mol. The Hall–Kier alpha value is -4.37. The maximum atomic E-state index is 14.0. The highest BCUT2D eigenvalue weighted by Crippen LogP contribution is 2.63. The summed E-state index contributed by atoms with van der Waals surface area (Å²) in [6, 6.07) is 3.48. The number of carbonyl (C=O) groups is 5. The first-order valence-corrected chi connectivity index (χ1v) is 17.6. The fourth-order valence-corrected chi connectivity index (χ4v) is 8.67. The van der Waals surface area contributed by atoms with E-state index in [4.69, 9.17) is 25.1 Å². The van der Waals surface area contributed by atoms with Gasteiger partial charge in [-0.2, -0.15) is 0 Å². The number of carbonyl (C=O) groups excluding carboxylic acids is 4. The number of amides is 4. The Morgan fingerprint density at radius 1 is 1.14 bits per heavy atom. The van der Waals surface area contributed by atoms with Gasteiger partial charge in [-0.05, 0) is 102 Å². The van der Waals surface area contributed by atoms with Gasteiger partial charge in [-0.25, -0.2) is 4.79 Å². The van der Waals surface area contributed by atoms with Crippen molar-refractivity contribution in [1.82, 2.24) is 25.8 Å². The molecule has 2 saturated heterocycles. The molecule has 2 fully saturated rings. The number of unbranched alkanes of at least 4 members (excludes halogenated alkanes) is 1. The molecule has 3 aliphatic heterocycles. The molecular formula is C35H48N6O9. The molecule has 1 unspecified atom stereocenters. The quantitative estimate of drug-likeness (QED) is 0.146. The summed E-state index contributed by atoms with van der Waals surface area (Å²) in [5.41, 5.74) is 7.75. The molecule has 1 spiro atoms. The van der Waals surface area contributed by atoms with E-state index >= 15 is 0 Å². The third-order valence-electron chi connectivity index (χ3n) is 11.0. The number of hydrogen-bond acceptors (Lipinski definition) is 10. The predicted octanol–water partition coefficient (Wildman–Crippen LogP) is 1.13. The number of rotatable bonds is 13. The van der Waals surface area contributed by atoms with E-state index in [1.807, 2.05) is 12.1 Å². The van der Waals surface area contributed by atoms with Crippen molar-refractivity contribution >= 4 is 29.8 Å². The van der Waals surface area contributed by atoms with E-state index in [1.165, 1.54) is 16.0 Å². The molecule has 15 heteroatoms. The van der Waals surface area contributed by atoms with Gasteiger partial charge < -0.3 is 45.9 Å². The SMILES string of the molecule is COc1ccc2c3c1O[C@H]1C(OC(=O)N4CCCCC4NC(=O)[C@H](CCCCN)NC(=O)CNC(=O)CC(=O)O)=CC[C@H]4[C@@H](C2)N(C)CC[C@]314. The summed E-state index contributed by atoms with van der Waals surface area (Å²) in [7, 11) is 3.81. The zero-order valence-corrected chi connectivity index (χ0v) is 28.7. The number of ether oxygens (including phenoxy) is 3. The fourth-order valence-electron chi connectivity index (χ4n) is 8.67. The van der Waals surface area contributed by atoms with E-state index in [0.717, 1.165) is 44.4 Å². The maximum absolute atomic E-state index is 14.0. The van der Waals surface area contributed by atoms with Gasteiger partial charge in [-0.15, -0.1) is 0 Å². The molecule has 0 aromatic heterocycles. The minimum absolute atomic E-state index is 0.284. The predicted molar refractivity (Wildman–Crippen MR) is 179 cm³/mol. The van der Waals surface area contributed by atoms with E-state index < -0.39 is 61.1 Å². The van der Waals surface area contributed by atoms with E-state index in [1.54, 1.807) is 7.11 Å². The number of carboxylic acid groups (broad SMARTS) is 1. The molecule has 6 rings (SSSR count). The van der Waals surface area contributed by atoms with Crippen LogP contribution in [0.2, 0.25) is 0 Å². The lowest BCUT2D eigenvalue weighted by Gasteiger charge is -2.56. The van der Waals surface area contributed by atoms with Crippen LogP contribution in [0.5, 0.6) is 11.5 Å². The summed E-state index contributed by atoms with van der Waals surface area (Å²) in [5.74, 6) is -1.08. The molecule has 2 bridgehead atoms. The van der Waals surface area contributed by atoms with Gasteiger partial charge in [-0.1, -0.05) is 6.07 Å². The first kappa shape index (κ1) is 35.5. The van der Waals surface area contributed by atoms with Crippen molar-refractivity contribution in [3.63, 3.8) is 0 Å². The van der Waals surface area contributed by atoms with Crippen LogP contribution in [0.4, 0.5) is 4.79 Å². The van der Waals surface area contributed by atoms with Gasteiger partial charge >= 0.3 is 12.1 Å². The molecular weight excluding hydrogens is 648 g/mol. The molecule has 0 saturated carbocycles. The van der Waals surface area contributed by atoms with E-state index in [2.05, 4.69) is 34.0 Å². The van der Waals surface area contributed by atoms with Crippen molar-refractivity contribution in [3.05, 3.63) is 35.1 Å². The number of likely N-dealkylation sites (tertiary alicyclic amines) is 2. The van der Waals surface area contributed by atoms with Crippen molar-refractivity contribution in [2.24, 2.45) is 11.7 Å². The number of methoxy groups -OCH3 is 1. The molecule has 50 heavy (non-hydrogen) atoms. The van der Waals surface area contributed by atoms with Crippen LogP contribution in [0.25, 0.3) is 0 Å². The molecule has 272 valence electrons. The number of nitrogens with one attached hydrogen (secondary N) is 3. The topological polar surface area (TPSA) is 202 Å². The van der Waals surface area contributed by atoms with E-state index in [-0.39, 0.29) is 11.8 Å². The van der Waals surface area contributed by atoms with Gasteiger partial charge in [0, 0.05) is 23.6 Å². The number of benzene rings is 1. The van der Waals surface area contributed by atoms with Crippen LogP contribution in [0.3, 0.4) is 0 Å². The smallest absolute Gasteiger partial charge is 0.416 e. The number of aliphatic carboxylic acids is 1. The first-order chi connectivity index (χ1) is 24.1. The van der Waals surface area contributed by atoms with E-state index in [0.29, 0.717) is 55.8 Å². The van der Waals surface area contributed by atoms with Gasteiger partial charge in [0.1, 0.15) is 24.4 Å². The van der Waals surface area contributed by atoms with Crippen molar-refractivity contribution in [2.75, 3.05) is 40.3 Å². The first-order valence-electron chi connectivity index (χ1n) is 17.6. The van der Waals surface area contributed by atoms with Crippen LogP contribution in [0.1, 0.15) is 68.9 Å². The maximum Gasteiger partial charge on any atom is 0.416 e. The number of carboxylic acids is 1. The Labute approximate surface area is 291 Å². The zero-order valence-electron chi connectivity index (χ0n) is 28.7. The van der Waals surface area contributed by atoms with Crippen LogP contribution in [0.15, 0.2) is 24.0 Å². The summed E-state index contributed by atoms with van der Waals surface area (Å²) >= 11 is 0. The number of nitrogens with zero attached hydrogens (tertiary/aromatic N) is 2. The Bertz CT molecular complexity index is 1550. The molecule has 0 radical (unpaired) electrons. The number of hydrogen-bond donors (Lipinski definition) is 5. The van der Waals surface area contributed by atoms with Gasteiger partial charge in [0.15, 0.2) is 17.6 Å². The highest BCUT2D eigenvalue weighted by atomic mass is 16.6. The standard InChI is InChI=1S/C35H48N6O9/c1-40-16-13-35-21-10-12-25(32(35)50-31-24(48-2)11-9-20(30(31)35)17-23(21)40)49-34(47)41-15-6-4-8-26(41)39-33(46)22(7-3-5-14-36)38-28(43)19-37-27(42)18-29(44)45/h9,11-12,21-23,26,32H,3-8,10,13-19,36H2,1-2H3,(H,37,42)(H,38,43)(H,39,46)(H,44,45)/t21-,22-,23+,26?,32-,35-/m0/s1. The van der Waals surface area contributed by atoms with Crippen LogP contribution < -0.4 is 31.2 Å². The summed E-state index contributed by atoms with van der Waals surface area (Å²) < 4.78 is 18.7. The van der Waals surface area contributed by atoms with Gasteiger partial charge in [0.25, 0.3) is 0 Å². The highest BCUT2D eigenvalue weighted by Gasteiger charge is 2.65. The fraction of sp³-hybridized carbons (Fsp3) is 0.629. The van der Waals surface area contributed by atoms with E-state index in [9.17, 15) is 24.0 Å². The second-order valence-corrected chi connectivity index (χ2v) is 14.0. The Kier molecular flexibility index (Phi) is 10.5. The molecule has 5 aliphatic rings. The van der Waals surface area contributed by atoms with Crippen molar-refractivity contribution in [3.8, 4) is 11.5 Å². The lowest BCUT2D eigenvalue weighted by molar-refractivity contribution is -0.141. The number of nitrogens with two attached hydrogens (primary N) is 1. The van der Waals surface area contributed by atoms with Crippen LogP contribution in [-0.2, 0) is 35.8 Å². The van der Waals surface area contributed by atoms with Crippen LogP contribution in [0, 0.1) is 5.92 Å². The summed E-state index contributed by atoms with van der Waals surface area (Å²) in [5, 5.41) is 16.6. The normalized spacial score (nSPS) is 26.8. The summed E-state index contributed by atoms with van der Waals surface area (Å²) in [6.07, 6.45) is 5.52. The molecule has 15 nitrogen and oxygen atoms in total. The average Bonchev–Trinajstić information content (AvgIpc) is 3.44. The molecule has 1 aromatic rings.